The summed E-state index contributed by atoms with van der Waals surface area (Å²) >= 11 is 1.97. The van der Waals surface area contributed by atoms with Gasteiger partial charge in [-0.1, -0.05) is 0 Å². The third kappa shape index (κ3) is 3.73. The van der Waals surface area contributed by atoms with Crippen LogP contribution in [-0.4, -0.2) is 28.3 Å². The second kappa shape index (κ2) is 6.48. The van der Waals surface area contributed by atoms with Crippen molar-refractivity contribution in [3.8, 4) is 0 Å². The Hall–Kier alpha value is -2.01. The predicted molar refractivity (Wildman–Crippen MR) is 83.2 cm³/mol. The molecule has 3 heterocycles. The van der Waals surface area contributed by atoms with E-state index in [1.807, 2.05) is 0 Å². The summed E-state index contributed by atoms with van der Waals surface area (Å²) < 4.78 is 37.4. The number of thiazole rings is 2. The first-order valence-corrected chi connectivity index (χ1v) is 8.66. The molecule has 128 valence electrons. The molecule has 1 aliphatic heterocycles. The normalized spacial score (nSPS) is 15.1. The van der Waals surface area contributed by atoms with Crippen molar-refractivity contribution >= 4 is 44.8 Å². The second-order valence-corrected chi connectivity index (χ2v) is 6.73. The molecule has 6 nitrogen and oxygen atoms in total. The van der Waals surface area contributed by atoms with Gasteiger partial charge in [0, 0.05) is 23.7 Å². The number of hydrogen-bond acceptors (Lipinski definition) is 6. The van der Waals surface area contributed by atoms with Gasteiger partial charge in [0.1, 0.15) is 0 Å². The summed E-state index contributed by atoms with van der Waals surface area (Å²) in [6.07, 6.45) is -3.37. The monoisotopic (exact) mass is 376 g/mol. The number of aromatic nitrogens is 2. The summed E-state index contributed by atoms with van der Waals surface area (Å²) in [5.74, 6) is -0.509. The Morgan fingerprint density at radius 3 is 2.71 bits per heavy atom. The lowest BCUT2D eigenvalue weighted by molar-refractivity contribution is -0.140. The van der Waals surface area contributed by atoms with Crippen LogP contribution in [0.2, 0.25) is 0 Å². The molecule has 0 radical (unpaired) electrons. The van der Waals surface area contributed by atoms with E-state index in [1.165, 1.54) is 11.3 Å². The number of rotatable bonds is 4. The van der Waals surface area contributed by atoms with Gasteiger partial charge in [0.25, 0.3) is 0 Å². The number of halogens is 3. The molecule has 0 bridgehead atoms. The molecule has 0 aliphatic carbocycles. The Bertz CT molecular complexity index is 771. The van der Waals surface area contributed by atoms with Crippen molar-refractivity contribution < 1.29 is 22.8 Å². The standard InChI is InChI=1S/C13H11F3N4O2S2/c14-13(15,16)8-6-23-11(18-8)19-9(21)4-7-5-24-12(17-7)20-3-1-2-10(20)22/h5-6H,1-4H2,(H,18,19,21). The number of amides is 2. The van der Waals surface area contributed by atoms with E-state index >= 15 is 0 Å². The van der Waals surface area contributed by atoms with Crippen molar-refractivity contribution in [3.05, 3.63) is 22.1 Å². The smallest absolute Gasteiger partial charge is 0.302 e. The molecule has 2 amide bonds. The van der Waals surface area contributed by atoms with Crippen molar-refractivity contribution in [2.75, 3.05) is 16.8 Å². The van der Waals surface area contributed by atoms with Gasteiger partial charge in [0.2, 0.25) is 11.8 Å². The number of carbonyl (C=O) groups excluding carboxylic acids is 2. The third-order valence-corrected chi connectivity index (χ3v) is 4.90. The van der Waals surface area contributed by atoms with Gasteiger partial charge < -0.3 is 5.32 Å². The number of hydrogen-bond donors (Lipinski definition) is 1. The van der Waals surface area contributed by atoms with Crippen molar-refractivity contribution in [2.24, 2.45) is 0 Å². The molecular weight excluding hydrogens is 365 g/mol. The van der Waals surface area contributed by atoms with Crippen LogP contribution in [0.4, 0.5) is 23.4 Å². The number of carbonyl (C=O) groups is 2. The summed E-state index contributed by atoms with van der Waals surface area (Å²) in [7, 11) is 0. The number of nitrogens with zero attached hydrogens (tertiary/aromatic N) is 3. The SMILES string of the molecule is O=C(Cc1csc(N2CCCC2=O)n1)Nc1nc(C(F)(F)F)cs1. The summed E-state index contributed by atoms with van der Waals surface area (Å²) in [6.45, 7) is 0.608. The minimum absolute atomic E-state index is 0.00261. The highest BCUT2D eigenvalue weighted by Gasteiger charge is 2.34. The highest BCUT2D eigenvalue weighted by molar-refractivity contribution is 7.14. The molecule has 0 spiro atoms. The van der Waals surface area contributed by atoms with E-state index in [-0.39, 0.29) is 17.5 Å². The number of anilines is 2. The number of nitrogens with one attached hydrogen (secondary N) is 1. The Morgan fingerprint density at radius 1 is 1.29 bits per heavy atom. The molecule has 24 heavy (non-hydrogen) atoms. The fourth-order valence-electron chi connectivity index (χ4n) is 2.14. The minimum atomic E-state index is -4.54. The molecule has 2 aromatic heterocycles. The Balaban J connectivity index is 1.60. The molecular formula is C13H11F3N4O2S2. The first-order valence-electron chi connectivity index (χ1n) is 6.90. The van der Waals surface area contributed by atoms with Crippen molar-refractivity contribution in [1.29, 1.82) is 0 Å². The van der Waals surface area contributed by atoms with Crippen LogP contribution in [0.1, 0.15) is 24.2 Å². The Labute approximate surface area is 142 Å². The van der Waals surface area contributed by atoms with Gasteiger partial charge in [0.05, 0.1) is 12.1 Å². The highest BCUT2D eigenvalue weighted by Crippen LogP contribution is 2.31. The second-order valence-electron chi connectivity index (χ2n) is 5.03. The fraction of sp³-hybridized carbons (Fsp3) is 0.385. The van der Waals surface area contributed by atoms with Crippen LogP contribution in [0, 0.1) is 0 Å². The van der Waals surface area contributed by atoms with Gasteiger partial charge >= 0.3 is 6.18 Å². The van der Waals surface area contributed by atoms with E-state index in [2.05, 4.69) is 15.3 Å². The average molecular weight is 376 g/mol. The number of alkyl halides is 3. The maximum Gasteiger partial charge on any atom is 0.434 e. The molecule has 1 fully saturated rings. The van der Waals surface area contributed by atoms with Crippen molar-refractivity contribution in [3.63, 3.8) is 0 Å². The fourth-order valence-corrected chi connectivity index (χ4v) is 3.74. The van der Waals surface area contributed by atoms with Crippen LogP contribution < -0.4 is 10.2 Å². The lowest BCUT2D eigenvalue weighted by atomic mass is 10.3. The zero-order valence-corrected chi connectivity index (χ0v) is 13.7. The lowest BCUT2D eigenvalue weighted by Crippen LogP contribution is -2.23. The van der Waals surface area contributed by atoms with Crippen LogP contribution in [-0.2, 0) is 22.2 Å². The van der Waals surface area contributed by atoms with Crippen LogP contribution >= 0.6 is 22.7 Å². The maximum absolute atomic E-state index is 12.5. The van der Waals surface area contributed by atoms with E-state index < -0.39 is 17.8 Å². The average Bonchev–Trinajstić information content (AvgIpc) is 3.18. The van der Waals surface area contributed by atoms with E-state index in [1.54, 1.807) is 10.3 Å². The van der Waals surface area contributed by atoms with Gasteiger partial charge in [-0.05, 0) is 6.42 Å². The summed E-state index contributed by atoms with van der Waals surface area (Å²) in [5.41, 5.74) is -0.578. The van der Waals surface area contributed by atoms with Crippen LogP contribution in [0.25, 0.3) is 0 Å². The molecule has 0 saturated carbocycles. The molecule has 0 atom stereocenters. The topological polar surface area (TPSA) is 75.2 Å². The lowest BCUT2D eigenvalue weighted by Gasteiger charge is -2.10. The van der Waals surface area contributed by atoms with E-state index in [9.17, 15) is 22.8 Å². The zero-order valence-electron chi connectivity index (χ0n) is 12.1. The molecule has 0 aromatic carbocycles. The van der Waals surface area contributed by atoms with E-state index in [0.717, 1.165) is 11.8 Å². The van der Waals surface area contributed by atoms with Gasteiger partial charge in [-0.2, -0.15) is 13.2 Å². The molecule has 1 aliphatic rings. The van der Waals surface area contributed by atoms with Crippen molar-refractivity contribution in [1.82, 2.24) is 9.97 Å². The first-order chi connectivity index (χ1) is 11.3. The Morgan fingerprint density at radius 2 is 2.08 bits per heavy atom. The predicted octanol–water partition coefficient (Wildman–Crippen LogP) is 2.93. The van der Waals surface area contributed by atoms with Crippen LogP contribution in [0.5, 0.6) is 0 Å². The van der Waals surface area contributed by atoms with Gasteiger partial charge in [-0.25, -0.2) is 9.97 Å². The van der Waals surface area contributed by atoms with Crippen LogP contribution in [0.15, 0.2) is 10.8 Å². The summed E-state index contributed by atoms with van der Waals surface area (Å²) in [4.78, 5) is 32.7. The molecule has 1 saturated heterocycles. The summed E-state index contributed by atoms with van der Waals surface area (Å²) in [6, 6.07) is 0. The summed E-state index contributed by atoms with van der Waals surface area (Å²) in [5, 5.41) is 5.24. The van der Waals surface area contributed by atoms with E-state index in [0.29, 0.717) is 35.1 Å². The first kappa shape index (κ1) is 16.8. The largest absolute Gasteiger partial charge is 0.434 e. The van der Waals surface area contributed by atoms with Gasteiger partial charge in [0.15, 0.2) is 16.0 Å². The molecule has 1 N–H and O–H groups in total. The third-order valence-electron chi connectivity index (χ3n) is 3.23. The molecule has 3 rings (SSSR count). The van der Waals surface area contributed by atoms with Crippen molar-refractivity contribution in [2.45, 2.75) is 25.4 Å². The zero-order chi connectivity index (χ0) is 17.3. The maximum atomic E-state index is 12.5. The highest BCUT2D eigenvalue weighted by atomic mass is 32.1. The van der Waals surface area contributed by atoms with Gasteiger partial charge in [-0.3, -0.25) is 14.5 Å². The molecule has 0 unspecified atom stereocenters. The minimum Gasteiger partial charge on any atom is -0.302 e. The quantitative estimate of drug-likeness (QED) is 0.890. The Kier molecular flexibility index (Phi) is 4.54. The van der Waals surface area contributed by atoms with Gasteiger partial charge in [-0.15, -0.1) is 22.7 Å². The molecule has 11 heteroatoms. The van der Waals surface area contributed by atoms with Crippen LogP contribution in [0.3, 0.4) is 0 Å². The van der Waals surface area contributed by atoms with E-state index in [4.69, 9.17) is 0 Å². The molecule has 2 aromatic rings.